The number of rotatable bonds is 6. The summed E-state index contributed by atoms with van der Waals surface area (Å²) in [5, 5.41) is 9.70. The first-order valence-corrected chi connectivity index (χ1v) is 7.76. The maximum atomic E-state index is 11.8. The van der Waals surface area contributed by atoms with Crippen molar-refractivity contribution >= 4 is 6.03 Å². The number of nitrogens with zero attached hydrogens (tertiary/aromatic N) is 2. The molecule has 0 saturated carbocycles. The molecule has 0 radical (unpaired) electrons. The minimum Gasteiger partial charge on any atom is -0.361 e. The SMILES string of the molecule is CCCN1CC[C@@H](CNC(=O)NCc2c(C)noc2C)C1. The second-order valence-electron chi connectivity index (χ2n) is 5.82. The van der Waals surface area contributed by atoms with Gasteiger partial charge in [0.2, 0.25) is 0 Å². The molecule has 1 atom stereocenters. The van der Waals surface area contributed by atoms with Crippen molar-refractivity contribution in [2.75, 3.05) is 26.2 Å². The maximum absolute atomic E-state index is 11.8. The highest BCUT2D eigenvalue weighted by atomic mass is 16.5. The minimum absolute atomic E-state index is 0.121. The summed E-state index contributed by atoms with van der Waals surface area (Å²) in [5.74, 6) is 1.33. The smallest absolute Gasteiger partial charge is 0.315 e. The standard InChI is InChI=1S/C15H26N4O2/c1-4-6-19-7-5-13(10-19)8-16-15(20)17-9-14-11(2)18-21-12(14)3/h13H,4-10H2,1-3H3,(H2,16,17,20)/t13-/m0/s1. The molecule has 1 fully saturated rings. The summed E-state index contributed by atoms with van der Waals surface area (Å²) in [5.41, 5.74) is 1.79. The van der Waals surface area contributed by atoms with Crippen LogP contribution in [-0.2, 0) is 6.54 Å². The minimum atomic E-state index is -0.121. The van der Waals surface area contributed by atoms with E-state index in [0.717, 1.165) is 43.2 Å². The topological polar surface area (TPSA) is 70.4 Å². The molecule has 118 valence electrons. The molecule has 0 aliphatic carbocycles. The number of hydrogen-bond acceptors (Lipinski definition) is 4. The van der Waals surface area contributed by atoms with Crippen LogP contribution in [0.15, 0.2) is 4.52 Å². The molecular weight excluding hydrogens is 268 g/mol. The third-order valence-corrected chi connectivity index (χ3v) is 4.07. The van der Waals surface area contributed by atoms with Gasteiger partial charge in [0.25, 0.3) is 0 Å². The average molecular weight is 294 g/mol. The highest BCUT2D eigenvalue weighted by Gasteiger charge is 2.22. The second-order valence-corrected chi connectivity index (χ2v) is 5.82. The summed E-state index contributed by atoms with van der Waals surface area (Å²) in [7, 11) is 0. The summed E-state index contributed by atoms with van der Waals surface area (Å²) >= 11 is 0. The molecule has 1 aliphatic rings. The lowest BCUT2D eigenvalue weighted by atomic mass is 10.1. The fourth-order valence-electron chi connectivity index (χ4n) is 2.82. The van der Waals surface area contributed by atoms with Gasteiger partial charge in [0.05, 0.1) is 5.69 Å². The quantitative estimate of drug-likeness (QED) is 0.839. The zero-order chi connectivity index (χ0) is 15.2. The molecule has 0 unspecified atom stereocenters. The number of aryl methyl sites for hydroxylation is 2. The maximum Gasteiger partial charge on any atom is 0.315 e. The van der Waals surface area contributed by atoms with Gasteiger partial charge in [-0.05, 0) is 45.7 Å². The average Bonchev–Trinajstić information content (AvgIpc) is 3.03. The molecule has 6 heteroatoms. The van der Waals surface area contributed by atoms with Crippen LogP contribution < -0.4 is 10.6 Å². The number of amides is 2. The number of carbonyl (C=O) groups is 1. The summed E-state index contributed by atoms with van der Waals surface area (Å²) in [4.78, 5) is 14.3. The van der Waals surface area contributed by atoms with Gasteiger partial charge in [-0.3, -0.25) is 0 Å². The van der Waals surface area contributed by atoms with Crippen LogP contribution in [0, 0.1) is 19.8 Å². The highest BCUT2D eigenvalue weighted by Crippen LogP contribution is 2.15. The normalized spacial score (nSPS) is 18.9. The van der Waals surface area contributed by atoms with Crippen LogP contribution in [0.25, 0.3) is 0 Å². The van der Waals surface area contributed by atoms with Gasteiger partial charge in [0.15, 0.2) is 0 Å². The van der Waals surface area contributed by atoms with Crippen molar-refractivity contribution in [3.8, 4) is 0 Å². The predicted molar refractivity (Wildman–Crippen MR) is 81.1 cm³/mol. The second kappa shape index (κ2) is 7.45. The van der Waals surface area contributed by atoms with Gasteiger partial charge in [-0.2, -0.15) is 0 Å². The number of carbonyl (C=O) groups excluding carboxylic acids is 1. The molecule has 6 nitrogen and oxygen atoms in total. The van der Waals surface area contributed by atoms with E-state index in [4.69, 9.17) is 4.52 Å². The first-order chi connectivity index (χ1) is 10.1. The molecule has 2 rings (SSSR count). The Balaban J connectivity index is 1.66. The molecule has 0 spiro atoms. The lowest BCUT2D eigenvalue weighted by molar-refractivity contribution is 0.238. The van der Waals surface area contributed by atoms with E-state index in [1.165, 1.54) is 12.8 Å². The van der Waals surface area contributed by atoms with E-state index in [1.54, 1.807) is 0 Å². The Bertz CT molecular complexity index is 453. The van der Waals surface area contributed by atoms with Crippen LogP contribution in [0.1, 0.15) is 36.8 Å². The largest absolute Gasteiger partial charge is 0.361 e. The molecule has 2 N–H and O–H groups in total. The fourth-order valence-corrected chi connectivity index (χ4v) is 2.82. The van der Waals surface area contributed by atoms with Crippen molar-refractivity contribution in [1.29, 1.82) is 0 Å². The first-order valence-electron chi connectivity index (χ1n) is 7.76. The number of aromatic nitrogens is 1. The summed E-state index contributed by atoms with van der Waals surface area (Å²) < 4.78 is 5.08. The van der Waals surface area contributed by atoms with Crippen molar-refractivity contribution in [2.45, 2.75) is 40.2 Å². The summed E-state index contributed by atoms with van der Waals surface area (Å²) in [6.45, 7) is 10.6. The van der Waals surface area contributed by atoms with Crippen LogP contribution in [0.3, 0.4) is 0 Å². The lowest BCUT2D eigenvalue weighted by Gasteiger charge is -2.15. The number of nitrogens with one attached hydrogen (secondary N) is 2. The van der Waals surface area contributed by atoms with Crippen molar-refractivity contribution in [3.05, 3.63) is 17.0 Å². The molecule has 2 amide bonds. The van der Waals surface area contributed by atoms with Crippen molar-refractivity contribution < 1.29 is 9.32 Å². The van der Waals surface area contributed by atoms with E-state index in [9.17, 15) is 4.79 Å². The lowest BCUT2D eigenvalue weighted by Crippen LogP contribution is -2.38. The summed E-state index contributed by atoms with van der Waals surface area (Å²) in [6, 6.07) is -0.121. The van der Waals surface area contributed by atoms with Crippen LogP contribution >= 0.6 is 0 Å². The Morgan fingerprint density at radius 3 is 2.90 bits per heavy atom. The molecule has 1 aromatic rings. The van der Waals surface area contributed by atoms with Crippen molar-refractivity contribution in [3.63, 3.8) is 0 Å². The van der Waals surface area contributed by atoms with Gasteiger partial charge in [0.1, 0.15) is 5.76 Å². The molecule has 1 aliphatic heterocycles. The third kappa shape index (κ3) is 4.46. The molecule has 21 heavy (non-hydrogen) atoms. The van der Waals surface area contributed by atoms with Crippen LogP contribution in [0.4, 0.5) is 4.79 Å². The van der Waals surface area contributed by atoms with E-state index in [1.807, 2.05) is 13.8 Å². The van der Waals surface area contributed by atoms with E-state index in [2.05, 4.69) is 27.6 Å². The van der Waals surface area contributed by atoms with Crippen molar-refractivity contribution in [2.24, 2.45) is 5.92 Å². The Hall–Kier alpha value is -1.56. The number of likely N-dealkylation sites (tertiary alicyclic amines) is 1. The predicted octanol–water partition coefficient (Wildman–Crippen LogP) is 1.82. The molecule has 1 saturated heterocycles. The molecule has 0 aromatic carbocycles. The molecular formula is C15H26N4O2. The zero-order valence-electron chi connectivity index (χ0n) is 13.2. The summed E-state index contributed by atoms with van der Waals surface area (Å²) in [6.07, 6.45) is 2.36. The highest BCUT2D eigenvalue weighted by molar-refractivity contribution is 5.73. The fraction of sp³-hybridized carbons (Fsp3) is 0.733. The zero-order valence-corrected chi connectivity index (χ0v) is 13.2. The van der Waals surface area contributed by atoms with Gasteiger partial charge in [0, 0.05) is 25.2 Å². The Labute approximate surface area is 126 Å². The first kappa shape index (κ1) is 15.8. The van der Waals surface area contributed by atoms with E-state index in [0.29, 0.717) is 12.5 Å². The van der Waals surface area contributed by atoms with Gasteiger partial charge >= 0.3 is 6.03 Å². The molecule has 2 heterocycles. The van der Waals surface area contributed by atoms with Gasteiger partial charge in [-0.25, -0.2) is 4.79 Å². The van der Waals surface area contributed by atoms with Crippen LogP contribution in [-0.4, -0.2) is 42.3 Å². The molecule has 0 bridgehead atoms. The Morgan fingerprint density at radius 2 is 2.24 bits per heavy atom. The van der Waals surface area contributed by atoms with E-state index in [-0.39, 0.29) is 6.03 Å². The van der Waals surface area contributed by atoms with Crippen molar-refractivity contribution in [1.82, 2.24) is 20.7 Å². The van der Waals surface area contributed by atoms with Gasteiger partial charge < -0.3 is 20.1 Å². The number of urea groups is 1. The van der Waals surface area contributed by atoms with Gasteiger partial charge in [-0.1, -0.05) is 12.1 Å². The van der Waals surface area contributed by atoms with Gasteiger partial charge in [-0.15, -0.1) is 0 Å². The van der Waals surface area contributed by atoms with E-state index >= 15 is 0 Å². The monoisotopic (exact) mass is 294 g/mol. The Kier molecular flexibility index (Phi) is 5.61. The Morgan fingerprint density at radius 1 is 1.43 bits per heavy atom. The molecule has 1 aromatic heterocycles. The number of hydrogen-bond donors (Lipinski definition) is 2. The van der Waals surface area contributed by atoms with E-state index < -0.39 is 0 Å². The third-order valence-electron chi connectivity index (χ3n) is 4.07. The van der Waals surface area contributed by atoms with Crippen LogP contribution in [0.2, 0.25) is 0 Å². The van der Waals surface area contributed by atoms with Crippen LogP contribution in [0.5, 0.6) is 0 Å².